The van der Waals surface area contributed by atoms with E-state index in [0.717, 1.165) is 52.9 Å². The number of halogens is 1. The SMILES string of the molecule is CN=Cc1nc(-c2ccc(N3CCC(F)C3)nc2)sc1/C=C/N1CC2(CC(O)C2)C1. The molecule has 6 nitrogen and oxygen atoms in total. The van der Waals surface area contributed by atoms with Crippen LogP contribution in [0, 0.1) is 5.41 Å². The van der Waals surface area contributed by atoms with Crippen molar-refractivity contribution in [1.29, 1.82) is 0 Å². The molecule has 30 heavy (non-hydrogen) atoms. The molecular formula is C22H26FN5OS. The monoisotopic (exact) mass is 427 g/mol. The summed E-state index contributed by atoms with van der Waals surface area (Å²) in [5.74, 6) is 0.818. The zero-order chi connectivity index (χ0) is 20.7. The average Bonchev–Trinajstić information content (AvgIpc) is 3.29. The lowest BCUT2D eigenvalue weighted by atomic mass is 9.62. The number of likely N-dealkylation sites (tertiary alicyclic amines) is 1. The fourth-order valence-electron chi connectivity index (χ4n) is 4.72. The average molecular weight is 428 g/mol. The van der Waals surface area contributed by atoms with Crippen LogP contribution in [0.25, 0.3) is 16.6 Å². The van der Waals surface area contributed by atoms with E-state index in [1.807, 2.05) is 23.2 Å². The van der Waals surface area contributed by atoms with Gasteiger partial charge in [0.05, 0.1) is 23.2 Å². The Morgan fingerprint density at radius 3 is 2.80 bits per heavy atom. The first-order chi connectivity index (χ1) is 14.5. The van der Waals surface area contributed by atoms with Gasteiger partial charge in [-0.1, -0.05) is 0 Å². The van der Waals surface area contributed by atoms with Crippen LogP contribution in [0.3, 0.4) is 0 Å². The van der Waals surface area contributed by atoms with Crippen molar-refractivity contribution in [3.05, 3.63) is 35.1 Å². The third-order valence-corrected chi connectivity index (χ3v) is 7.32. The molecular weight excluding hydrogens is 401 g/mol. The summed E-state index contributed by atoms with van der Waals surface area (Å²) in [6, 6.07) is 3.96. The van der Waals surface area contributed by atoms with Gasteiger partial charge in [-0.05, 0) is 37.5 Å². The number of alkyl halides is 1. The second-order valence-electron chi connectivity index (χ2n) is 8.68. The molecule has 0 radical (unpaired) electrons. The van der Waals surface area contributed by atoms with Gasteiger partial charge in [-0.3, -0.25) is 4.99 Å². The smallest absolute Gasteiger partial charge is 0.128 e. The molecule has 1 spiro atoms. The molecule has 1 unspecified atom stereocenters. The third kappa shape index (κ3) is 3.74. The molecule has 0 bridgehead atoms. The maximum Gasteiger partial charge on any atom is 0.128 e. The van der Waals surface area contributed by atoms with Crippen LogP contribution < -0.4 is 4.90 Å². The van der Waals surface area contributed by atoms with Crippen molar-refractivity contribution >= 4 is 29.4 Å². The predicted octanol–water partition coefficient (Wildman–Crippen LogP) is 3.23. The lowest BCUT2D eigenvalue weighted by Crippen LogP contribution is -2.61. The van der Waals surface area contributed by atoms with E-state index < -0.39 is 6.17 Å². The van der Waals surface area contributed by atoms with Crippen LogP contribution in [0.5, 0.6) is 0 Å². The van der Waals surface area contributed by atoms with Gasteiger partial charge in [0.15, 0.2) is 0 Å². The van der Waals surface area contributed by atoms with Crippen molar-refractivity contribution in [3.8, 4) is 10.6 Å². The number of aromatic nitrogens is 2. The summed E-state index contributed by atoms with van der Waals surface area (Å²) in [6.07, 6.45) is 9.42. The highest BCUT2D eigenvalue weighted by Gasteiger charge is 2.51. The Balaban J connectivity index is 1.30. The Labute approximate surface area is 179 Å². The standard InChI is InChI=1S/C22H26FN5OS/c1-24-11-18-19(5-6-27-13-22(14-27)8-17(29)9-22)30-21(26-18)15-2-3-20(25-10-15)28-7-4-16(23)12-28/h2-3,5-6,10-11,16-17,29H,4,7-9,12-14H2,1H3/b6-5+,24-11?. The zero-order valence-electron chi connectivity index (χ0n) is 17.0. The first-order valence-corrected chi connectivity index (χ1v) is 11.2. The molecule has 5 rings (SSSR count). The Morgan fingerprint density at radius 2 is 2.17 bits per heavy atom. The molecule has 0 amide bonds. The molecule has 1 atom stereocenters. The molecule has 1 saturated carbocycles. The van der Waals surface area contributed by atoms with Gasteiger partial charge in [0.25, 0.3) is 0 Å². The van der Waals surface area contributed by atoms with E-state index in [-0.39, 0.29) is 6.10 Å². The van der Waals surface area contributed by atoms with E-state index in [4.69, 9.17) is 4.98 Å². The molecule has 4 heterocycles. The number of aliphatic hydroxyl groups excluding tert-OH is 1. The molecule has 3 fully saturated rings. The highest BCUT2D eigenvalue weighted by Crippen LogP contribution is 2.48. The Kier molecular flexibility index (Phi) is 5.06. The minimum absolute atomic E-state index is 0.101. The molecule has 2 aromatic heterocycles. The summed E-state index contributed by atoms with van der Waals surface area (Å²) < 4.78 is 13.5. The summed E-state index contributed by atoms with van der Waals surface area (Å²) in [7, 11) is 1.75. The van der Waals surface area contributed by atoms with Crippen LogP contribution in [-0.4, -0.2) is 71.7 Å². The third-order valence-electron chi connectivity index (χ3n) is 6.23. The van der Waals surface area contributed by atoms with E-state index in [1.165, 1.54) is 0 Å². The summed E-state index contributed by atoms with van der Waals surface area (Å²) in [5.41, 5.74) is 2.16. The van der Waals surface area contributed by atoms with Gasteiger partial charge in [-0.25, -0.2) is 14.4 Å². The molecule has 2 aromatic rings. The van der Waals surface area contributed by atoms with E-state index in [1.54, 1.807) is 24.6 Å². The molecule has 3 aliphatic rings. The summed E-state index contributed by atoms with van der Waals surface area (Å²) in [5, 5.41) is 10.5. The van der Waals surface area contributed by atoms with Crippen LogP contribution in [-0.2, 0) is 0 Å². The minimum Gasteiger partial charge on any atom is -0.393 e. The lowest BCUT2D eigenvalue weighted by molar-refractivity contribution is -0.111. The highest BCUT2D eigenvalue weighted by molar-refractivity contribution is 7.16. The molecule has 1 aliphatic carbocycles. The second-order valence-corrected chi connectivity index (χ2v) is 9.71. The minimum atomic E-state index is -0.758. The second kappa shape index (κ2) is 7.74. The fraction of sp³-hybridized carbons (Fsp3) is 0.500. The van der Waals surface area contributed by atoms with E-state index >= 15 is 0 Å². The number of hydrogen-bond acceptors (Lipinski definition) is 7. The number of aliphatic imine (C=N–C) groups is 1. The van der Waals surface area contributed by atoms with Crippen LogP contribution in [0.15, 0.2) is 29.5 Å². The maximum absolute atomic E-state index is 13.5. The van der Waals surface area contributed by atoms with Gasteiger partial charge < -0.3 is 14.9 Å². The normalized spacial score (nSPS) is 23.6. The first-order valence-electron chi connectivity index (χ1n) is 10.4. The topological polar surface area (TPSA) is 64.9 Å². The van der Waals surface area contributed by atoms with E-state index in [2.05, 4.69) is 27.2 Å². The molecule has 1 N–H and O–H groups in total. The van der Waals surface area contributed by atoms with E-state index in [0.29, 0.717) is 24.9 Å². The van der Waals surface area contributed by atoms with E-state index in [9.17, 15) is 9.50 Å². The molecule has 0 aromatic carbocycles. The molecule has 158 valence electrons. The summed E-state index contributed by atoms with van der Waals surface area (Å²) >= 11 is 1.62. The predicted molar refractivity (Wildman–Crippen MR) is 119 cm³/mol. The Bertz CT molecular complexity index is 958. The number of nitrogens with zero attached hydrogens (tertiary/aromatic N) is 5. The van der Waals surface area contributed by atoms with Crippen molar-refractivity contribution in [3.63, 3.8) is 0 Å². The van der Waals surface area contributed by atoms with Crippen molar-refractivity contribution in [1.82, 2.24) is 14.9 Å². The van der Waals surface area contributed by atoms with Gasteiger partial charge in [0, 0.05) is 56.3 Å². The number of pyridine rings is 1. The maximum atomic E-state index is 13.5. The van der Waals surface area contributed by atoms with Gasteiger partial charge in [0.2, 0.25) is 0 Å². The molecule has 2 saturated heterocycles. The number of thiazole rings is 1. The fourth-order valence-corrected chi connectivity index (χ4v) is 5.64. The molecule has 8 heteroatoms. The van der Waals surface area contributed by atoms with Gasteiger partial charge >= 0.3 is 0 Å². The summed E-state index contributed by atoms with van der Waals surface area (Å²) in [4.78, 5) is 18.8. The number of aliphatic hydroxyl groups is 1. The molecule has 2 aliphatic heterocycles. The Hall–Kier alpha value is -2.32. The number of anilines is 1. The lowest BCUT2D eigenvalue weighted by Gasteiger charge is -2.57. The van der Waals surface area contributed by atoms with Crippen LogP contribution >= 0.6 is 11.3 Å². The van der Waals surface area contributed by atoms with Crippen molar-refractivity contribution < 1.29 is 9.50 Å². The highest BCUT2D eigenvalue weighted by atomic mass is 32.1. The van der Waals surface area contributed by atoms with Crippen LogP contribution in [0.1, 0.15) is 29.8 Å². The Morgan fingerprint density at radius 1 is 1.33 bits per heavy atom. The van der Waals surface area contributed by atoms with Gasteiger partial charge in [-0.15, -0.1) is 11.3 Å². The van der Waals surface area contributed by atoms with Crippen LogP contribution in [0.2, 0.25) is 0 Å². The number of rotatable bonds is 5. The van der Waals surface area contributed by atoms with Gasteiger partial charge in [0.1, 0.15) is 17.0 Å². The largest absolute Gasteiger partial charge is 0.393 e. The zero-order valence-corrected chi connectivity index (χ0v) is 17.9. The quantitative estimate of drug-likeness (QED) is 0.743. The summed E-state index contributed by atoms with van der Waals surface area (Å²) in [6.45, 7) is 3.18. The number of hydrogen-bond donors (Lipinski definition) is 1. The van der Waals surface area contributed by atoms with Gasteiger partial charge in [-0.2, -0.15) is 0 Å². The van der Waals surface area contributed by atoms with Crippen molar-refractivity contribution in [2.24, 2.45) is 10.4 Å². The van der Waals surface area contributed by atoms with Crippen molar-refractivity contribution in [2.45, 2.75) is 31.5 Å². The first kappa shape index (κ1) is 19.6. The van der Waals surface area contributed by atoms with Crippen molar-refractivity contribution in [2.75, 3.05) is 38.1 Å². The van der Waals surface area contributed by atoms with Crippen LogP contribution in [0.4, 0.5) is 10.2 Å².